The molecule has 1 aliphatic heterocycles. The van der Waals surface area contributed by atoms with Gasteiger partial charge in [0.1, 0.15) is 0 Å². The van der Waals surface area contributed by atoms with Crippen molar-refractivity contribution in [2.45, 2.75) is 19.4 Å². The minimum absolute atomic E-state index is 0.227. The van der Waals surface area contributed by atoms with Crippen molar-refractivity contribution >= 4 is 11.6 Å². The van der Waals surface area contributed by atoms with Gasteiger partial charge in [-0.15, -0.1) is 0 Å². The molecule has 0 saturated heterocycles. The number of anilines is 1. The fourth-order valence-corrected chi connectivity index (χ4v) is 2.99. The highest BCUT2D eigenvalue weighted by Crippen LogP contribution is 2.27. The van der Waals surface area contributed by atoms with E-state index in [2.05, 4.69) is 42.3 Å². The zero-order valence-corrected chi connectivity index (χ0v) is 13.0. The first-order chi connectivity index (χ1) is 10.7. The Labute approximate surface area is 132 Å². The van der Waals surface area contributed by atoms with Gasteiger partial charge in [-0.2, -0.15) is 0 Å². The average molecular weight is 294 g/mol. The number of fused-ring (bicyclic) bond motifs is 1. The first-order valence-electron chi connectivity index (χ1n) is 7.85. The number of benzene rings is 2. The molecule has 1 amide bonds. The summed E-state index contributed by atoms with van der Waals surface area (Å²) in [5.74, 6) is 0.227. The Kier molecular flexibility index (Phi) is 4.54. The molecular formula is C19H22N2O. The molecule has 22 heavy (non-hydrogen) atoms. The fraction of sp³-hybridized carbons (Fsp3) is 0.316. The summed E-state index contributed by atoms with van der Waals surface area (Å²) in [5, 5.41) is 0. The molecule has 0 bridgehead atoms. The highest BCUT2D eigenvalue weighted by Gasteiger charge is 2.23. The van der Waals surface area contributed by atoms with Crippen LogP contribution >= 0.6 is 0 Å². The highest BCUT2D eigenvalue weighted by molar-refractivity contribution is 5.95. The van der Waals surface area contributed by atoms with Crippen molar-refractivity contribution in [1.82, 2.24) is 4.90 Å². The molecule has 0 N–H and O–H groups in total. The van der Waals surface area contributed by atoms with E-state index in [1.807, 2.05) is 29.2 Å². The van der Waals surface area contributed by atoms with Crippen LogP contribution in [0, 0.1) is 0 Å². The third-order valence-electron chi connectivity index (χ3n) is 4.19. The van der Waals surface area contributed by atoms with Crippen molar-refractivity contribution in [3.63, 3.8) is 0 Å². The lowest BCUT2D eigenvalue weighted by molar-refractivity contribution is -0.118. The standard InChI is InChI=1S/C19H22N2O/c1-20(15-16-7-3-2-4-8-16)13-12-19(22)21-14-11-17-9-5-6-10-18(17)21/h2-10H,11-15H2,1H3. The summed E-state index contributed by atoms with van der Waals surface area (Å²) in [6, 6.07) is 18.6. The van der Waals surface area contributed by atoms with Gasteiger partial charge in [0.2, 0.25) is 5.91 Å². The van der Waals surface area contributed by atoms with E-state index in [-0.39, 0.29) is 5.91 Å². The van der Waals surface area contributed by atoms with E-state index in [1.54, 1.807) is 0 Å². The second-order valence-electron chi connectivity index (χ2n) is 5.90. The number of hydrogen-bond acceptors (Lipinski definition) is 2. The van der Waals surface area contributed by atoms with E-state index >= 15 is 0 Å². The third-order valence-corrected chi connectivity index (χ3v) is 4.19. The van der Waals surface area contributed by atoms with Crippen LogP contribution in [-0.2, 0) is 17.8 Å². The lowest BCUT2D eigenvalue weighted by Gasteiger charge is -2.20. The van der Waals surface area contributed by atoms with E-state index < -0.39 is 0 Å². The summed E-state index contributed by atoms with van der Waals surface area (Å²) in [4.78, 5) is 16.6. The van der Waals surface area contributed by atoms with Crippen LogP contribution in [0.25, 0.3) is 0 Å². The molecule has 0 atom stereocenters. The largest absolute Gasteiger partial charge is 0.312 e. The van der Waals surface area contributed by atoms with Gasteiger partial charge in [-0.05, 0) is 30.7 Å². The topological polar surface area (TPSA) is 23.6 Å². The Hall–Kier alpha value is -2.13. The average Bonchev–Trinajstić information content (AvgIpc) is 2.98. The number of para-hydroxylation sites is 1. The van der Waals surface area contributed by atoms with E-state index in [4.69, 9.17) is 0 Å². The first kappa shape index (κ1) is 14.8. The summed E-state index contributed by atoms with van der Waals surface area (Å²) in [7, 11) is 2.07. The van der Waals surface area contributed by atoms with Gasteiger partial charge in [0.25, 0.3) is 0 Å². The van der Waals surface area contributed by atoms with Crippen LogP contribution < -0.4 is 4.90 Å². The SMILES string of the molecule is CN(CCC(=O)N1CCc2ccccc21)Cc1ccccc1. The second-order valence-corrected chi connectivity index (χ2v) is 5.90. The Bertz CT molecular complexity index is 639. The Morgan fingerprint density at radius 3 is 2.64 bits per heavy atom. The third kappa shape index (κ3) is 3.37. The number of carbonyl (C=O) groups is 1. The van der Waals surface area contributed by atoms with Crippen molar-refractivity contribution in [2.75, 3.05) is 25.0 Å². The molecule has 0 aromatic heterocycles. The molecule has 0 spiro atoms. The maximum absolute atomic E-state index is 12.5. The van der Waals surface area contributed by atoms with Crippen LogP contribution in [0.15, 0.2) is 54.6 Å². The van der Waals surface area contributed by atoms with Crippen LogP contribution in [0.5, 0.6) is 0 Å². The molecule has 2 aromatic rings. The predicted octanol–water partition coefficient (Wildman–Crippen LogP) is 3.10. The van der Waals surface area contributed by atoms with E-state index in [0.717, 1.165) is 31.7 Å². The van der Waals surface area contributed by atoms with Gasteiger partial charge in [-0.25, -0.2) is 0 Å². The van der Waals surface area contributed by atoms with Crippen LogP contribution in [0.1, 0.15) is 17.5 Å². The van der Waals surface area contributed by atoms with Gasteiger partial charge in [0.05, 0.1) is 0 Å². The van der Waals surface area contributed by atoms with Crippen molar-refractivity contribution < 1.29 is 4.79 Å². The van der Waals surface area contributed by atoms with Gasteiger partial charge in [0, 0.05) is 31.7 Å². The lowest BCUT2D eigenvalue weighted by atomic mass is 10.2. The Morgan fingerprint density at radius 2 is 1.82 bits per heavy atom. The smallest absolute Gasteiger partial charge is 0.228 e. The molecule has 0 fully saturated rings. The Balaban J connectivity index is 1.53. The zero-order chi connectivity index (χ0) is 15.4. The van der Waals surface area contributed by atoms with Crippen LogP contribution in [0.3, 0.4) is 0 Å². The molecule has 3 rings (SSSR count). The zero-order valence-electron chi connectivity index (χ0n) is 13.0. The van der Waals surface area contributed by atoms with Crippen molar-refractivity contribution in [2.24, 2.45) is 0 Å². The monoisotopic (exact) mass is 294 g/mol. The van der Waals surface area contributed by atoms with Crippen LogP contribution in [-0.4, -0.2) is 30.9 Å². The predicted molar refractivity (Wildman–Crippen MR) is 89.9 cm³/mol. The molecule has 0 radical (unpaired) electrons. The molecule has 0 unspecified atom stereocenters. The second kappa shape index (κ2) is 6.75. The number of hydrogen-bond donors (Lipinski definition) is 0. The summed E-state index contributed by atoms with van der Waals surface area (Å²) < 4.78 is 0. The lowest BCUT2D eigenvalue weighted by Crippen LogP contribution is -2.32. The molecule has 2 aromatic carbocycles. The number of carbonyl (C=O) groups excluding carboxylic acids is 1. The summed E-state index contributed by atoms with van der Waals surface area (Å²) in [6.45, 7) is 2.48. The van der Waals surface area contributed by atoms with E-state index in [9.17, 15) is 4.79 Å². The van der Waals surface area contributed by atoms with Crippen molar-refractivity contribution in [3.8, 4) is 0 Å². The maximum Gasteiger partial charge on any atom is 0.228 e. The van der Waals surface area contributed by atoms with Gasteiger partial charge >= 0.3 is 0 Å². The van der Waals surface area contributed by atoms with Gasteiger partial charge in [0.15, 0.2) is 0 Å². The summed E-state index contributed by atoms with van der Waals surface area (Å²) in [6.07, 6.45) is 1.54. The van der Waals surface area contributed by atoms with Crippen molar-refractivity contribution in [3.05, 3.63) is 65.7 Å². The van der Waals surface area contributed by atoms with Crippen molar-refractivity contribution in [1.29, 1.82) is 0 Å². The molecule has 0 aliphatic carbocycles. The molecule has 1 heterocycles. The fourth-order valence-electron chi connectivity index (χ4n) is 2.99. The minimum Gasteiger partial charge on any atom is -0.312 e. The Morgan fingerprint density at radius 1 is 1.09 bits per heavy atom. The van der Waals surface area contributed by atoms with Gasteiger partial charge in [-0.1, -0.05) is 48.5 Å². The van der Waals surface area contributed by atoms with E-state index in [1.165, 1.54) is 11.1 Å². The molecule has 3 nitrogen and oxygen atoms in total. The molecule has 114 valence electrons. The van der Waals surface area contributed by atoms with E-state index in [0.29, 0.717) is 6.42 Å². The first-order valence-corrected chi connectivity index (χ1v) is 7.85. The number of nitrogens with zero attached hydrogens (tertiary/aromatic N) is 2. The molecule has 0 saturated carbocycles. The number of rotatable bonds is 5. The van der Waals surface area contributed by atoms with Gasteiger partial charge in [-0.3, -0.25) is 4.79 Å². The highest BCUT2D eigenvalue weighted by atomic mass is 16.2. The van der Waals surface area contributed by atoms with Gasteiger partial charge < -0.3 is 9.80 Å². The quantitative estimate of drug-likeness (QED) is 0.846. The minimum atomic E-state index is 0.227. The molecule has 3 heteroatoms. The summed E-state index contributed by atoms with van der Waals surface area (Å²) >= 11 is 0. The normalized spacial score (nSPS) is 13.5. The van der Waals surface area contributed by atoms with Crippen LogP contribution in [0.4, 0.5) is 5.69 Å². The molecular weight excluding hydrogens is 272 g/mol. The van der Waals surface area contributed by atoms with Crippen LogP contribution in [0.2, 0.25) is 0 Å². The molecule has 1 aliphatic rings. The summed E-state index contributed by atoms with van der Waals surface area (Å²) in [5.41, 5.74) is 3.66. The number of amides is 1. The maximum atomic E-state index is 12.5.